The van der Waals surface area contributed by atoms with Crippen molar-refractivity contribution in [1.29, 1.82) is 0 Å². The minimum Gasteiger partial charge on any atom is -0.345 e. The molecular formula is C24H36N6O3. The molecule has 1 aliphatic rings. The van der Waals surface area contributed by atoms with Crippen molar-refractivity contribution in [3.05, 3.63) is 33.4 Å². The molecule has 1 fully saturated rings. The molecule has 33 heavy (non-hydrogen) atoms. The Bertz CT molecular complexity index is 1010. The number of hydrogen-bond acceptors (Lipinski definition) is 5. The quantitative estimate of drug-likeness (QED) is 0.609. The van der Waals surface area contributed by atoms with Gasteiger partial charge in [-0.2, -0.15) is 9.78 Å². The summed E-state index contributed by atoms with van der Waals surface area (Å²) in [6, 6.07) is 1.64. The maximum absolute atomic E-state index is 12.7. The molecule has 3 N–H and O–H groups in total. The molecular weight excluding hydrogens is 420 g/mol. The zero-order valence-corrected chi connectivity index (χ0v) is 20.0. The second-order valence-electron chi connectivity index (χ2n) is 9.07. The zero-order chi connectivity index (χ0) is 23.8. The van der Waals surface area contributed by atoms with Crippen LogP contribution in [0.15, 0.2) is 10.9 Å². The third-order valence-corrected chi connectivity index (χ3v) is 6.30. The molecule has 180 valence electrons. The molecule has 0 radical (unpaired) electrons. The number of aromatic nitrogens is 4. The Balaban J connectivity index is 1.67. The Morgan fingerprint density at radius 3 is 2.09 bits per heavy atom. The van der Waals surface area contributed by atoms with E-state index in [4.69, 9.17) is 0 Å². The molecule has 2 aromatic heterocycles. The summed E-state index contributed by atoms with van der Waals surface area (Å²) in [6.45, 7) is 5.18. The molecule has 0 atom stereocenters. The van der Waals surface area contributed by atoms with Gasteiger partial charge in [0.05, 0.1) is 5.69 Å². The summed E-state index contributed by atoms with van der Waals surface area (Å²) in [5, 5.41) is 9.87. The third-order valence-electron chi connectivity index (χ3n) is 6.30. The van der Waals surface area contributed by atoms with E-state index in [1.807, 2.05) is 0 Å². The lowest BCUT2D eigenvalue weighted by molar-refractivity contribution is -0.136. The van der Waals surface area contributed by atoms with E-state index in [2.05, 4.69) is 25.7 Å². The Labute approximate surface area is 194 Å². The molecule has 2 amide bonds. The van der Waals surface area contributed by atoms with E-state index in [0.29, 0.717) is 17.0 Å². The minimum absolute atomic E-state index is 0.00657. The number of carbonyl (C=O) groups is 2. The largest absolute Gasteiger partial charge is 0.345 e. The fourth-order valence-electron chi connectivity index (χ4n) is 4.21. The number of nitrogens with one attached hydrogen (secondary N) is 3. The summed E-state index contributed by atoms with van der Waals surface area (Å²) >= 11 is 0. The summed E-state index contributed by atoms with van der Waals surface area (Å²) in [4.78, 5) is 44.6. The van der Waals surface area contributed by atoms with Crippen molar-refractivity contribution in [1.82, 2.24) is 25.1 Å². The van der Waals surface area contributed by atoms with Crippen molar-refractivity contribution in [2.75, 3.05) is 5.32 Å². The standard InChI is InChI=1S/C24H36N6O3/c1-16-15-20(30(29-16)24-25-18(3)17(2)21(31)28-24)27-23(33)22(32)26-19-13-11-9-7-5-4-6-8-10-12-14-19/h15,19H,4-14H2,1-3H3,(H,26,32)(H,27,33)(H,25,28,31). The van der Waals surface area contributed by atoms with Gasteiger partial charge in [-0.05, 0) is 33.6 Å². The van der Waals surface area contributed by atoms with Crippen LogP contribution in [-0.4, -0.2) is 37.6 Å². The molecule has 0 aliphatic heterocycles. The number of hydrogen-bond donors (Lipinski definition) is 3. The number of nitrogens with zero attached hydrogens (tertiary/aromatic N) is 3. The van der Waals surface area contributed by atoms with Crippen LogP contribution in [0, 0.1) is 20.8 Å². The van der Waals surface area contributed by atoms with Crippen LogP contribution in [0.3, 0.4) is 0 Å². The number of amides is 2. The van der Waals surface area contributed by atoms with Gasteiger partial charge in [0.15, 0.2) is 0 Å². The van der Waals surface area contributed by atoms with E-state index in [1.54, 1.807) is 26.8 Å². The summed E-state index contributed by atoms with van der Waals surface area (Å²) in [7, 11) is 0. The van der Waals surface area contributed by atoms with E-state index in [1.165, 1.54) is 36.8 Å². The average molecular weight is 457 g/mol. The van der Waals surface area contributed by atoms with Gasteiger partial charge in [-0.3, -0.25) is 19.4 Å². The first kappa shape index (κ1) is 24.7. The van der Waals surface area contributed by atoms with Crippen LogP contribution in [0.4, 0.5) is 5.82 Å². The zero-order valence-electron chi connectivity index (χ0n) is 20.0. The number of anilines is 1. The molecule has 0 unspecified atom stereocenters. The normalized spacial score (nSPS) is 16.5. The molecule has 0 saturated heterocycles. The van der Waals surface area contributed by atoms with Gasteiger partial charge >= 0.3 is 11.8 Å². The molecule has 3 rings (SSSR count). The molecule has 0 aromatic carbocycles. The molecule has 0 spiro atoms. The molecule has 9 heteroatoms. The maximum Gasteiger partial charge on any atom is 0.314 e. The number of aromatic amines is 1. The van der Waals surface area contributed by atoms with E-state index in [-0.39, 0.29) is 23.4 Å². The highest BCUT2D eigenvalue weighted by atomic mass is 16.2. The van der Waals surface area contributed by atoms with Crippen molar-refractivity contribution in [2.45, 2.75) is 97.4 Å². The fourth-order valence-corrected chi connectivity index (χ4v) is 4.21. The van der Waals surface area contributed by atoms with Crippen LogP contribution in [0.2, 0.25) is 0 Å². The van der Waals surface area contributed by atoms with Crippen LogP contribution >= 0.6 is 0 Å². The van der Waals surface area contributed by atoms with Crippen molar-refractivity contribution in [3.63, 3.8) is 0 Å². The SMILES string of the molecule is Cc1cc(NC(=O)C(=O)NC2CCCCCCCCCCC2)n(-c2nc(C)c(C)c(=O)[nH]2)n1. The average Bonchev–Trinajstić information content (AvgIpc) is 3.13. The first-order chi connectivity index (χ1) is 15.8. The van der Waals surface area contributed by atoms with Gasteiger partial charge in [0.2, 0.25) is 5.95 Å². The number of carbonyl (C=O) groups excluding carboxylic acids is 2. The summed E-state index contributed by atoms with van der Waals surface area (Å²) in [5.41, 5.74) is 1.43. The first-order valence-corrected chi connectivity index (χ1v) is 12.1. The van der Waals surface area contributed by atoms with Crippen LogP contribution in [0.5, 0.6) is 0 Å². The van der Waals surface area contributed by atoms with Gasteiger partial charge in [0, 0.05) is 23.4 Å². The Kier molecular flexibility index (Phi) is 8.79. The van der Waals surface area contributed by atoms with E-state index in [9.17, 15) is 14.4 Å². The molecule has 9 nitrogen and oxygen atoms in total. The lowest BCUT2D eigenvalue weighted by Gasteiger charge is -2.19. The highest BCUT2D eigenvalue weighted by Gasteiger charge is 2.21. The lowest BCUT2D eigenvalue weighted by atomic mass is 9.98. The molecule has 2 aromatic rings. The second kappa shape index (κ2) is 11.8. The maximum atomic E-state index is 12.7. The van der Waals surface area contributed by atoms with Gasteiger partial charge in [-0.25, -0.2) is 4.98 Å². The summed E-state index contributed by atoms with van der Waals surface area (Å²) in [6.07, 6.45) is 12.6. The first-order valence-electron chi connectivity index (χ1n) is 12.1. The van der Waals surface area contributed by atoms with E-state index < -0.39 is 11.8 Å². The van der Waals surface area contributed by atoms with Crippen LogP contribution < -0.4 is 16.2 Å². The number of rotatable bonds is 3. The number of H-pyrrole nitrogens is 1. The van der Waals surface area contributed by atoms with Gasteiger partial charge in [-0.15, -0.1) is 0 Å². The topological polar surface area (TPSA) is 122 Å². The van der Waals surface area contributed by atoms with E-state index in [0.717, 1.165) is 38.5 Å². The smallest absolute Gasteiger partial charge is 0.314 e. The fraction of sp³-hybridized carbons (Fsp3) is 0.625. The third kappa shape index (κ3) is 7.00. The van der Waals surface area contributed by atoms with Gasteiger partial charge < -0.3 is 10.6 Å². The predicted octanol–water partition coefficient (Wildman–Crippen LogP) is 3.61. The summed E-state index contributed by atoms with van der Waals surface area (Å²) < 4.78 is 1.34. The highest BCUT2D eigenvalue weighted by Crippen LogP contribution is 2.18. The Morgan fingerprint density at radius 1 is 0.939 bits per heavy atom. The molecule has 1 saturated carbocycles. The summed E-state index contributed by atoms with van der Waals surface area (Å²) in [5.74, 6) is -0.948. The van der Waals surface area contributed by atoms with Crippen molar-refractivity contribution in [2.24, 2.45) is 0 Å². The highest BCUT2D eigenvalue weighted by molar-refractivity contribution is 6.39. The van der Waals surface area contributed by atoms with Gasteiger partial charge in [0.1, 0.15) is 5.82 Å². The van der Waals surface area contributed by atoms with Crippen LogP contribution in [-0.2, 0) is 9.59 Å². The van der Waals surface area contributed by atoms with E-state index >= 15 is 0 Å². The van der Waals surface area contributed by atoms with Crippen LogP contribution in [0.25, 0.3) is 5.95 Å². The second-order valence-corrected chi connectivity index (χ2v) is 9.07. The van der Waals surface area contributed by atoms with Gasteiger partial charge in [0.25, 0.3) is 5.56 Å². The Morgan fingerprint density at radius 2 is 1.52 bits per heavy atom. The van der Waals surface area contributed by atoms with Crippen molar-refractivity contribution in [3.8, 4) is 5.95 Å². The monoisotopic (exact) mass is 456 g/mol. The van der Waals surface area contributed by atoms with Crippen LogP contribution in [0.1, 0.15) is 87.6 Å². The minimum atomic E-state index is -0.756. The molecule has 1 aliphatic carbocycles. The molecule has 0 bridgehead atoms. The predicted molar refractivity (Wildman–Crippen MR) is 128 cm³/mol. The van der Waals surface area contributed by atoms with Crippen molar-refractivity contribution >= 4 is 17.6 Å². The molecule has 2 heterocycles. The van der Waals surface area contributed by atoms with Gasteiger partial charge in [-0.1, -0.05) is 57.8 Å². The Hall–Kier alpha value is -2.97. The van der Waals surface area contributed by atoms with Crippen molar-refractivity contribution < 1.29 is 9.59 Å². The lowest BCUT2D eigenvalue weighted by Crippen LogP contribution is -2.42. The number of aryl methyl sites for hydroxylation is 2.